The Labute approximate surface area is 185 Å². The van der Waals surface area contributed by atoms with Crippen LogP contribution >= 0.6 is 24.0 Å². The molecule has 2 aromatic rings. The molecule has 1 saturated heterocycles. The van der Waals surface area contributed by atoms with Gasteiger partial charge in [0.2, 0.25) is 5.91 Å². The Morgan fingerprint density at radius 1 is 1.16 bits per heavy atom. The van der Waals surface area contributed by atoms with Crippen molar-refractivity contribution < 1.29 is 27.9 Å². The normalized spacial score (nSPS) is 15.6. The molecule has 0 aliphatic carbocycles. The molecule has 162 valence electrons. The number of para-hydroxylation sites is 1. The zero-order valence-corrected chi connectivity index (χ0v) is 17.6. The molecule has 2 amide bonds. The van der Waals surface area contributed by atoms with E-state index in [0.717, 1.165) is 23.4 Å². The van der Waals surface area contributed by atoms with Crippen molar-refractivity contribution in [2.45, 2.75) is 19.0 Å². The van der Waals surface area contributed by atoms with E-state index in [9.17, 15) is 27.9 Å². The fourth-order valence-electron chi connectivity index (χ4n) is 2.86. The van der Waals surface area contributed by atoms with Crippen LogP contribution in [0.1, 0.15) is 24.0 Å². The summed E-state index contributed by atoms with van der Waals surface area (Å²) in [5, 5.41) is 11.6. The van der Waals surface area contributed by atoms with E-state index in [0.29, 0.717) is 9.23 Å². The zero-order valence-electron chi connectivity index (χ0n) is 16.0. The highest BCUT2D eigenvalue weighted by molar-refractivity contribution is 8.26. The number of nitrogens with zero attached hydrogens (tertiary/aromatic N) is 1. The van der Waals surface area contributed by atoms with Gasteiger partial charge in [-0.05, 0) is 42.3 Å². The fourth-order valence-corrected chi connectivity index (χ4v) is 4.17. The number of amides is 2. The van der Waals surface area contributed by atoms with Crippen molar-refractivity contribution in [1.29, 1.82) is 0 Å². The number of hydrogen-bond acceptors (Lipinski definition) is 5. The number of carbonyl (C=O) groups excluding carboxylic acids is 2. The van der Waals surface area contributed by atoms with Gasteiger partial charge in [-0.25, -0.2) is 0 Å². The van der Waals surface area contributed by atoms with Gasteiger partial charge in [-0.3, -0.25) is 14.5 Å². The molecule has 31 heavy (non-hydrogen) atoms. The van der Waals surface area contributed by atoms with Crippen molar-refractivity contribution >= 4 is 51.9 Å². The van der Waals surface area contributed by atoms with E-state index in [1.807, 2.05) is 0 Å². The van der Waals surface area contributed by atoms with Gasteiger partial charge in [0, 0.05) is 13.0 Å². The SMILES string of the molecule is O=C(CCCN1C(=O)/C(=C/c2ccc(O)cc2)SC1=S)Nc1ccccc1C(F)(F)F. The van der Waals surface area contributed by atoms with E-state index in [-0.39, 0.29) is 36.7 Å². The monoisotopic (exact) mass is 466 g/mol. The average molecular weight is 467 g/mol. The Morgan fingerprint density at radius 3 is 2.52 bits per heavy atom. The number of thioether (sulfide) groups is 1. The maximum absolute atomic E-state index is 13.0. The molecule has 0 spiro atoms. The van der Waals surface area contributed by atoms with E-state index in [2.05, 4.69) is 5.32 Å². The summed E-state index contributed by atoms with van der Waals surface area (Å²) in [5.74, 6) is -0.770. The van der Waals surface area contributed by atoms with Gasteiger partial charge in [0.25, 0.3) is 5.91 Å². The summed E-state index contributed by atoms with van der Waals surface area (Å²) in [5.41, 5.74) is -0.497. The summed E-state index contributed by atoms with van der Waals surface area (Å²) in [6, 6.07) is 11.1. The highest BCUT2D eigenvalue weighted by atomic mass is 32.2. The van der Waals surface area contributed by atoms with Gasteiger partial charge in [0.15, 0.2) is 0 Å². The number of hydrogen-bond donors (Lipinski definition) is 2. The van der Waals surface area contributed by atoms with Crippen molar-refractivity contribution in [3.05, 3.63) is 64.6 Å². The van der Waals surface area contributed by atoms with Crippen molar-refractivity contribution in [2.75, 3.05) is 11.9 Å². The van der Waals surface area contributed by atoms with Crippen molar-refractivity contribution in [2.24, 2.45) is 0 Å². The molecule has 5 nitrogen and oxygen atoms in total. The molecule has 2 aromatic carbocycles. The van der Waals surface area contributed by atoms with Crippen molar-refractivity contribution in [1.82, 2.24) is 4.90 Å². The average Bonchev–Trinajstić information content (AvgIpc) is 2.96. The summed E-state index contributed by atoms with van der Waals surface area (Å²) in [7, 11) is 0. The molecule has 0 aromatic heterocycles. The predicted octanol–water partition coefficient (Wildman–Crippen LogP) is 5.03. The van der Waals surface area contributed by atoms with E-state index in [1.165, 1.54) is 35.2 Å². The number of aromatic hydroxyl groups is 1. The Morgan fingerprint density at radius 2 is 1.84 bits per heavy atom. The Hall–Kier alpha value is -2.85. The number of carbonyl (C=O) groups is 2. The lowest BCUT2D eigenvalue weighted by atomic mass is 10.1. The second-order valence-electron chi connectivity index (χ2n) is 6.62. The third-order valence-electron chi connectivity index (χ3n) is 4.36. The first-order chi connectivity index (χ1) is 14.6. The lowest BCUT2D eigenvalue weighted by Crippen LogP contribution is -2.29. The molecule has 1 aliphatic rings. The summed E-state index contributed by atoms with van der Waals surface area (Å²) in [6.07, 6.45) is -2.76. The summed E-state index contributed by atoms with van der Waals surface area (Å²) < 4.78 is 39.4. The number of phenols is 1. The number of thiocarbonyl (C=S) groups is 1. The Kier molecular flexibility index (Phi) is 7.01. The van der Waals surface area contributed by atoms with E-state index < -0.39 is 17.6 Å². The molecule has 0 atom stereocenters. The van der Waals surface area contributed by atoms with Crippen LogP contribution in [0.3, 0.4) is 0 Å². The number of nitrogens with one attached hydrogen (secondary N) is 1. The minimum absolute atomic E-state index is 0.0692. The highest BCUT2D eigenvalue weighted by Gasteiger charge is 2.34. The lowest BCUT2D eigenvalue weighted by molar-refractivity contribution is -0.137. The predicted molar refractivity (Wildman–Crippen MR) is 117 cm³/mol. The molecule has 0 radical (unpaired) electrons. The Balaban J connectivity index is 1.56. The van der Waals surface area contributed by atoms with E-state index >= 15 is 0 Å². The van der Waals surface area contributed by atoms with E-state index in [1.54, 1.807) is 18.2 Å². The minimum atomic E-state index is -4.57. The molecule has 1 heterocycles. The Bertz CT molecular complexity index is 1040. The third kappa shape index (κ3) is 5.86. The molecule has 0 bridgehead atoms. The summed E-state index contributed by atoms with van der Waals surface area (Å²) >= 11 is 6.36. The molecule has 3 rings (SSSR count). The second-order valence-corrected chi connectivity index (χ2v) is 8.30. The molecule has 1 fully saturated rings. The highest BCUT2D eigenvalue weighted by Crippen LogP contribution is 2.35. The summed E-state index contributed by atoms with van der Waals surface area (Å²) in [4.78, 5) is 26.5. The van der Waals surface area contributed by atoms with Crippen LogP contribution in [0.2, 0.25) is 0 Å². The van der Waals surface area contributed by atoms with Gasteiger partial charge >= 0.3 is 6.18 Å². The van der Waals surface area contributed by atoms with Gasteiger partial charge in [-0.1, -0.05) is 48.2 Å². The zero-order chi connectivity index (χ0) is 22.6. The number of alkyl halides is 3. The smallest absolute Gasteiger partial charge is 0.418 e. The van der Waals surface area contributed by atoms with E-state index in [4.69, 9.17) is 12.2 Å². The fraction of sp³-hybridized carbons (Fsp3) is 0.190. The molecular formula is C21H17F3N2O3S2. The van der Waals surface area contributed by atoms with Crippen molar-refractivity contribution in [3.8, 4) is 5.75 Å². The summed E-state index contributed by atoms with van der Waals surface area (Å²) in [6.45, 7) is 0.173. The van der Waals surface area contributed by atoms with Gasteiger partial charge < -0.3 is 10.4 Å². The standard InChI is InChI=1S/C21H17F3N2O3S2/c22-21(23,24)15-4-1-2-5-16(15)25-18(28)6-3-11-26-19(29)17(31-20(26)30)12-13-7-9-14(27)10-8-13/h1-2,4-5,7-10,12,27H,3,6,11H2,(H,25,28)/b17-12-. The lowest BCUT2D eigenvalue weighted by Gasteiger charge is -2.15. The van der Waals surface area contributed by atoms with Crippen LogP contribution in [-0.2, 0) is 15.8 Å². The van der Waals surface area contributed by atoms with Crippen LogP contribution in [0.5, 0.6) is 5.75 Å². The third-order valence-corrected chi connectivity index (χ3v) is 5.73. The van der Waals surface area contributed by atoms with Gasteiger partial charge in [-0.15, -0.1) is 0 Å². The van der Waals surface area contributed by atoms with Gasteiger partial charge in [-0.2, -0.15) is 13.2 Å². The van der Waals surface area contributed by atoms with Crippen LogP contribution in [-0.4, -0.2) is 32.7 Å². The topological polar surface area (TPSA) is 69.6 Å². The number of rotatable bonds is 6. The van der Waals surface area contributed by atoms with Crippen LogP contribution in [0.25, 0.3) is 6.08 Å². The minimum Gasteiger partial charge on any atom is -0.508 e. The molecule has 0 saturated carbocycles. The van der Waals surface area contributed by atoms with Crippen LogP contribution in [0.15, 0.2) is 53.4 Å². The number of anilines is 1. The van der Waals surface area contributed by atoms with Crippen molar-refractivity contribution in [3.63, 3.8) is 0 Å². The first-order valence-corrected chi connectivity index (χ1v) is 10.4. The first-order valence-electron chi connectivity index (χ1n) is 9.15. The molecule has 10 heteroatoms. The maximum Gasteiger partial charge on any atom is 0.418 e. The van der Waals surface area contributed by atoms with Gasteiger partial charge in [0.1, 0.15) is 10.1 Å². The first kappa shape index (κ1) is 22.8. The number of phenolic OH excluding ortho intramolecular Hbond substituents is 1. The molecule has 1 aliphatic heterocycles. The molecule has 2 N–H and O–H groups in total. The van der Waals surface area contributed by atoms with Crippen LogP contribution in [0, 0.1) is 0 Å². The van der Waals surface area contributed by atoms with Gasteiger partial charge in [0.05, 0.1) is 16.2 Å². The molecular weight excluding hydrogens is 449 g/mol. The maximum atomic E-state index is 13.0. The number of halogens is 3. The van der Waals surface area contributed by atoms with Crippen LogP contribution < -0.4 is 5.32 Å². The largest absolute Gasteiger partial charge is 0.508 e. The quantitative estimate of drug-likeness (QED) is 0.462. The number of benzene rings is 2. The second kappa shape index (κ2) is 9.52. The molecule has 0 unspecified atom stereocenters. The van der Waals surface area contributed by atoms with Crippen LogP contribution in [0.4, 0.5) is 18.9 Å².